The summed E-state index contributed by atoms with van der Waals surface area (Å²) in [6.07, 6.45) is 2.04. The Kier molecular flexibility index (Phi) is 21.2. The summed E-state index contributed by atoms with van der Waals surface area (Å²) in [6, 6.07) is 0. The fourth-order valence-electron chi connectivity index (χ4n) is 1.02. The van der Waals surface area contributed by atoms with Crippen molar-refractivity contribution in [2.75, 3.05) is 25.7 Å². The van der Waals surface area contributed by atoms with Crippen molar-refractivity contribution in [2.45, 2.75) is 39.5 Å². The SMILES string of the molecule is CCCCP(C)([O-])([O-])[O-].CCCCP(C)([O-])([O-])[O-].[Zn+2].[Zn+2].[Zn+2]. The quantitative estimate of drug-likeness (QED) is 0.295. The molecule has 0 radical (unpaired) electrons. The molecule has 0 saturated carbocycles. The van der Waals surface area contributed by atoms with Crippen LogP contribution in [0.1, 0.15) is 39.5 Å². The number of hydrogen-bond acceptors (Lipinski definition) is 6. The Balaban J connectivity index is -0.0000000711. The van der Waals surface area contributed by atoms with Gasteiger partial charge in [0, 0.05) is 0 Å². The van der Waals surface area contributed by atoms with Crippen LogP contribution in [-0.4, -0.2) is 25.7 Å². The predicted octanol–water partition coefficient (Wildman–Crippen LogP) is -2.42. The van der Waals surface area contributed by atoms with Gasteiger partial charge >= 0.3 is 168 Å². The van der Waals surface area contributed by atoms with Gasteiger partial charge in [0.25, 0.3) is 0 Å². The van der Waals surface area contributed by atoms with E-state index in [2.05, 4.69) is 0 Å². The maximum absolute atomic E-state index is 10.5. The normalized spacial score (nSPS) is 14.4. The summed E-state index contributed by atoms with van der Waals surface area (Å²) in [5, 5.41) is 0. The van der Waals surface area contributed by atoms with Gasteiger partial charge < -0.3 is 0 Å². The molecule has 0 aliphatic rings. The third kappa shape index (κ3) is 45.0. The summed E-state index contributed by atoms with van der Waals surface area (Å²) in [5.41, 5.74) is 0. The Hall–Kier alpha value is 2.49. The zero-order valence-corrected chi connectivity index (χ0v) is 24.4. The van der Waals surface area contributed by atoms with Crippen LogP contribution in [0.2, 0.25) is 0 Å². The first-order chi connectivity index (χ1) is 7.62. The van der Waals surface area contributed by atoms with Crippen LogP contribution in [0.15, 0.2) is 0 Å². The van der Waals surface area contributed by atoms with Gasteiger partial charge in [-0.1, -0.05) is 0 Å². The summed E-state index contributed by atoms with van der Waals surface area (Å²) < 4.78 is 0. The van der Waals surface area contributed by atoms with Crippen LogP contribution in [0.3, 0.4) is 0 Å². The molecule has 0 bridgehead atoms. The van der Waals surface area contributed by atoms with Gasteiger partial charge in [-0.2, -0.15) is 0 Å². The topological polar surface area (TPSA) is 138 Å². The second-order valence-corrected chi connectivity index (χ2v) is 11.9. The maximum atomic E-state index is 10.5. The van der Waals surface area contributed by atoms with Crippen LogP contribution < -0.4 is 29.4 Å². The monoisotopic (exact) mass is 494 g/mol. The van der Waals surface area contributed by atoms with E-state index in [9.17, 15) is 29.4 Å². The van der Waals surface area contributed by atoms with Gasteiger partial charge in [0.15, 0.2) is 0 Å². The van der Waals surface area contributed by atoms with Crippen molar-refractivity contribution >= 4 is 14.6 Å². The molecule has 0 aliphatic carbocycles. The molecule has 21 heavy (non-hydrogen) atoms. The van der Waals surface area contributed by atoms with Gasteiger partial charge in [-0.3, -0.25) is 0 Å². The third-order valence-electron chi connectivity index (χ3n) is 2.02. The van der Waals surface area contributed by atoms with E-state index < -0.39 is 14.6 Å². The molecular formula is C10H24O6P2Zn3. The van der Waals surface area contributed by atoms with Crippen molar-refractivity contribution in [3.05, 3.63) is 0 Å². The van der Waals surface area contributed by atoms with E-state index in [-0.39, 0.29) is 70.8 Å². The van der Waals surface area contributed by atoms with Gasteiger partial charge in [-0.15, -0.1) is 0 Å². The molecule has 0 saturated heterocycles. The first-order valence-electron chi connectivity index (χ1n) is 6.04. The van der Waals surface area contributed by atoms with Crippen LogP contribution in [0.5, 0.6) is 0 Å². The molecule has 0 spiro atoms. The largest absolute Gasteiger partial charge is 2.00 e. The predicted molar refractivity (Wildman–Crippen MR) is 65.2 cm³/mol. The van der Waals surface area contributed by atoms with Gasteiger partial charge in [-0.05, 0) is 0 Å². The number of unbranched alkanes of at least 4 members (excludes halogenated alkanes) is 2. The summed E-state index contributed by atoms with van der Waals surface area (Å²) in [6.45, 7) is 5.26. The van der Waals surface area contributed by atoms with Crippen LogP contribution in [0.25, 0.3) is 0 Å². The number of hydrogen-bond donors (Lipinski definition) is 0. The van der Waals surface area contributed by atoms with Crippen molar-refractivity contribution in [2.24, 2.45) is 0 Å². The zero-order chi connectivity index (χ0) is 15.1. The molecular weight excluding hydrogens is 474 g/mol. The Morgan fingerprint density at radius 1 is 0.571 bits per heavy atom. The Morgan fingerprint density at radius 3 is 0.810 bits per heavy atom. The van der Waals surface area contributed by atoms with Crippen molar-refractivity contribution in [1.82, 2.24) is 0 Å². The van der Waals surface area contributed by atoms with Gasteiger partial charge in [0.1, 0.15) is 0 Å². The molecule has 0 atom stereocenters. The van der Waals surface area contributed by atoms with Gasteiger partial charge in [0.2, 0.25) is 0 Å². The van der Waals surface area contributed by atoms with E-state index in [1.807, 2.05) is 13.8 Å². The van der Waals surface area contributed by atoms with Crippen molar-refractivity contribution < 1.29 is 87.8 Å². The molecule has 0 fully saturated rings. The Bertz CT molecular complexity index is 208. The van der Waals surface area contributed by atoms with Crippen LogP contribution in [0, 0.1) is 0 Å². The van der Waals surface area contributed by atoms with Crippen LogP contribution in [-0.2, 0) is 58.4 Å². The van der Waals surface area contributed by atoms with Crippen molar-refractivity contribution in [1.29, 1.82) is 0 Å². The molecule has 0 unspecified atom stereocenters. The first-order valence-corrected chi connectivity index (χ1v) is 11.3. The van der Waals surface area contributed by atoms with Crippen molar-refractivity contribution in [3.63, 3.8) is 0 Å². The van der Waals surface area contributed by atoms with Gasteiger partial charge in [-0.25, -0.2) is 0 Å². The molecule has 0 N–H and O–H groups in total. The number of rotatable bonds is 6. The van der Waals surface area contributed by atoms with E-state index in [0.717, 1.165) is 26.2 Å². The molecule has 0 rings (SSSR count). The van der Waals surface area contributed by atoms with Crippen molar-refractivity contribution in [3.8, 4) is 0 Å². The van der Waals surface area contributed by atoms with Crippen LogP contribution in [0.4, 0.5) is 0 Å². The third-order valence-corrected chi connectivity index (χ3v) is 4.64. The van der Waals surface area contributed by atoms with E-state index in [4.69, 9.17) is 0 Å². The summed E-state index contributed by atoms with van der Waals surface area (Å²) in [5.74, 6) is 0. The van der Waals surface area contributed by atoms with Gasteiger partial charge in [0.05, 0.1) is 0 Å². The average Bonchev–Trinajstić information content (AvgIpc) is 2.08. The average molecular weight is 498 g/mol. The van der Waals surface area contributed by atoms with E-state index in [1.54, 1.807) is 0 Å². The minimum Gasteiger partial charge on any atom is 2.00 e. The second kappa shape index (κ2) is 12.8. The van der Waals surface area contributed by atoms with E-state index >= 15 is 0 Å². The molecule has 0 heterocycles. The first kappa shape index (κ1) is 34.8. The van der Waals surface area contributed by atoms with E-state index in [0.29, 0.717) is 12.8 Å². The summed E-state index contributed by atoms with van der Waals surface area (Å²) in [7, 11) is -9.76. The molecule has 11 heteroatoms. The second-order valence-electron chi connectivity index (χ2n) is 5.10. The fourth-order valence-corrected chi connectivity index (χ4v) is 3.06. The zero-order valence-electron chi connectivity index (χ0n) is 13.7. The summed E-state index contributed by atoms with van der Waals surface area (Å²) in [4.78, 5) is 62.7. The van der Waals surface area contributed by atoms with Crippen LogP contribution >= 0.6 is 14.6 Å². The molecule has 0 aromatic carbocycles. The molecule has 116 valence electrons. The maximum Gasteiger partial charge on any atom is 2.00 e. The molecule has 6 nitrogen and oxygen atoms in total. The Morgan fingerprint density at radius 2 is 0.762 bits per heavy atom. The molecule has 0 aromatic rings. The summed E-state index contributed by atoms with van der Waals surface area (Å²) >= 11 is 0. The van der Waals surface area contributed by atoms with E-state index in [1.165, 1.54) is 0 Å². The fraction of sp³-hybridized carbons (Fsp3) is 1.00. The molecule has 0 amide bonds. The molecule has 0 aliphatic heterocycles. The Labute approximate surface area is 166 Å². The minimum atomic E-state index is -4.88. The smallest absolute Gasteiger partial charge is 2.00 e. The molecule has 0 aromatic heterocycles. The standard InChI is InChI=1S/2C5H12O3P.3Zn/c2*1-3-4-5-9(2,6,7)8;;;/h2*3-5H2,1-2H3;;;/q2*-3;3*+2. The minimum absolute atomic E-state index is 0.